The number of benzene rings is 1. The zero-order valence-electron chi connectivity index (χ0n) is 9.53. The summed E-state index contributed by atoms with van der Waals surface area (Å²) in [6, 6.07) is 3.60. The number of halogens is 3. The van der Waals surface area contributed by atoms with E-state index in [1.165, 1.54) is 0 Å². The molecule has 4 nitrogen and oxygen atoms in total. The predicted octanol–water partition coefficient (Wildman–Crippen LogP) is 2.58. The van der Waals surface area contributed by atoms with Crippen LogP contribution in [0.4, 0.5) is 13.2 Å². The molecule has 1 aromatic rings. The fourth-order valence-electron chi connectivity index (χ4n) is 1.42. The van der Waals surface area contributed by atoms with E-state index < -0.39 is 17.7 Å². The van der Waals surface area contributed by atoms with Gasteiger partial charge in [0.25, 0.3) is 0 Å². The quantitative estimate of drug-likeness (QED) is 0.613. The summed E-state index contributed by atoms with van der Waals surface area (Å²) in [5, 5.41) is 3.45. The minimum atomic E-state index is -4.45. The van der Waals surface area contributed by atoms with E-state index in [0.717, 1.165) is 24.3 Å². The molecule has 1 aliphatic carbocycles. The van der Waals surface area contributed by atoms with Crippen molar-refractivity contribution in [3.8, 4) is 0 Å². The Morgan fingerprint density at radius 3 is 2.21 bits per heavy atom. The summed E-state index contributed by atoms with van der Waals surface area (Å²) >= 11 is 0. The van der Waals surface area contributed by atoms with Crippen LogP contribution in [0.15, 0.2) is 29.4 Å². The number of carbonyl (C=O) groups excluding carboxylic acids is 2. The van der Waals surface area contributed by atoms with Crippen molar-refractivity contribution < 1.29 is 27.6 Å². The molecule has 1 fully saturated rings. The number of rotatable bonds is 2. The Kier molecular flexibility index (Phi) is 3.37. The molecule has 7 heteroatoms. The number of alkyl halides is 3. The second-order valence-corrected chi connectivity index (χ2v) is 4.00. The van der Waals surface area contributed by atoms with Crippen LogP contribution in [-0.4, -0.2) is 17.5 Å². The normalized spacial score (nSPS) is 14.9. The van der Waals surface area contributed by atoms with Gasteiger partial charge in [0, 0.05) is 12.8 Å². The summed E-state index contributed by atoms with van der Waals surface area (Å²) in [4.78, 5) is 26.6. The van der Waals surface area contributed by atoms with E-state index in [1.54, 1.807) is 0 Å². The second kappa shape index (κ2) is 4.83. The third-order valence-corrected chi connectivity index (χ3v) is 2.51. The fraction of sp³-hybridized carbons (Fsp3) is 0.250. The number of oxime groups is 1. The number of Topliss-reactive ketones (excluding diaryl/α,β-unsaturated/α-hetero) is 1. The molecule has 0 heterocycles. The average molecular weight is 271 g/mol. The molecule has 19 heavy (non-hydrogen) atoms. The van der Waals surface area contributed by atoms with Crippen molar-refractivity contribution in [2.45, 2.75) is 19.0 Å². The van der Waals surface area contributed by atoms with Gasteiger partial charge in [0.15, 0.2) is 0 Å². The summed E-state index contributed by atoms with van der Waals surface area (Å²) in [5.41, 5.74) is -0.437. The highest BCUT2D eigenvalue weighted by molar-refractivity contribution is 6.20. The highest BCUT2D eigenvalue weighted by Crippen LogP contribution is 2.29. The Bertz CT molecular complexity index is 536. The van der Waals surface area contributed by atoms with Crippen molar-refractivity contribution in [2.75, 3.05) is 0 Å². The Balaban J connectivity index is 2.00. The Morgan fingerprint density at radius 1 is 1.16 bits per heavy atom. The van der Waals surface area contributed by atoms with Crippen molar-refractivity contribution in [2.24, 2.45) is 5.16 Å². The first-order valence-corrected chi connectivity index (χ1v) is 5.32. The highest BCUT2D eigenvalue weighted by Gasteiger charge is 2.30. The summed E-state index contributed by atoms with van der Waals surface area (Å²) in [7, 11) is 0. The minimum Gasteiger partial charge on any atom is -0.313 e. The molecule has 0 N–H and O–H groups in total. The van der Waals surface area contributed by atoms with Crippen LogP contribution in [0, 0.1) is 0 Å². The maximum absolute atomic E-state index is 12.3. The van der Waals surface area contributed by atoms with E-state index in [-0.39, 0.29) is 24.2 Å². The van der Waals surface area contributed by atoms with Crippen molar-refractivity contribution in [3.05, 3.63) is 35.4 Å². The van der Waals surface area contributed by atoms with Gasteiger partial charge in [0.1, 0.15) is 5.78 Å². The van der Waals surface area contributed by atoms with Crippen molar-refractivity contribution in [1.82, 2.24) is 0 Å². The molecule has 0 aromatic heterocycles. The van der Waals surface area contributed by atoms with Crippen LogP contribution in [-0.2, 0) is 15.8 Å². The molecule has 1 saturated carbocycles. The van der Waals surface area contributed by atoms with Crippen LogP contribution in [0.2, 0.25) is 0 Å². The van der Waals surface area contributed by atoms with Crippen molar-refractivity contribution in [1.29, 1.82) is 0 Å². The molecule has 0 unspecified atom stereocenters. The summed E-state index contributed by atoms with van der Waals surface area (Å²) in [5.74, 6) is -0.857. The largest absolute Gasteiger partial charge is 0.416 e. The molecular weight excluding hydrogens is 263 g/mol. The SMILES string of the molecule is O=C1CC(=NOC(=O)c2ccc(C(F)(F)F)cc2)C1. The zero-order chi connectivity index (χ0) is 14.0. The van der Waals surface area contributed by atoms with Gasteiger partial charge in [-0.15, -0.1) is 0 Å². The first kappa shape index (κ1) is 13.3. The second-order valence-electron chi connectivity index (χ2n) is 4.00. The Hall–Kier alpha value is -2.18. The van der Waals surface area contributed by atoms with E-state index in [0.29, 0.717) is 5.71 Å². The molecule has 0 amide bonds. The van der Waals surface area contributed by atoms with Gasteiger partial charge in [-0.05, 0) is 24.3 Å². The molecule has 0 saturated heterocycles. The minimum absolute atomic E-state index is 0.00401. The molecule has 0 radical (unpaired) electrons. The zero-order valence-corrected chi connectivity index (χ0v) is 9.53. The Morgan fingerprint density at radius 2 is 1.74 bits per heavy atom. The molecule has 0 spiro atoms. The number of nitrogens with zero attached hydrogens (tertiary/aromatic N) is 1. The molecule has 0 bridgehead atoms. The molecule has 0 aliphatic heterocycles. The van der Waals surface area contributed by atoms with E-state index in [4.69, 9.17) is 0 Å². The van der Waals surface area contributed by atoms with Crippen LogP contribution in [0.5, 0.6) is 0 Å². The van der Waals surface area contributed by atoms with Crippen molar-refractivity contribution >= 4 is 17.5 Å². The smallest absolute Gasteiger partial charge is 0.313 e. The predicted molar refractivity (Wildman–Crippen MR) is 58.5 cm³/mol. The van der Waals surface area contributed by atoms with Gasteiger partial charge in [-0.1, -0.05) is 5.16 Å². The van der Waals surface area contributed by atoms with Gasteiger partial charge in [-0.3, -0.25) is 4.79 Å². The lowest BCUT2D eigenvalue weighted by atomic mass is 9.96. The van der Waals surface area contributed by atoms with Gasteiger partial charge in [-0.25, -0.2) is 4.79 Å². The summed E-state index contributed by atoms with van der Waals surface area (Å²) < 4.78 is 36.9. The van der Waals surface area contributed by atoms with Gasteiger partial charge < -0.3 is 4.84 Å². The Labute approximate surface area is 105 Å². The van der Waals surface area contributed by atoms with Gasteiger partial charge in [0.05, 0.1) is 16.8 Å². The van der Waals surface area contributed by atoms with Crippen LogP contribution < -0.4 is 0 Å². The van der Waals surface area contributed by atoms with Gasteiger partial charge >= 0.3 is 12.1 Å². The third-order valence-electron chi connectivity index (χ3n) is 2.51. The molecule has 100 valence electrons. The van der Waals surface area contributed by atoms with Gasteiger partial charge in [-0.2, -0.15) is 13.2 Å². The monoisotopic (exact) mass is 271 g/mol. The standard InChI is InChI=1S/C12H8F3NO3/c13-12(14,15)8-3-1-7(2-4-8)11(18)19-16-9-5-10(17)6-9/h1-4H,5-6H2. The fourth-order valence-corrected chi connectivity index (χ4v) is 1.42. The highest BCUT2D eigenvalue weighted by atomic mass is 19.4. The van der Waals surface area contributed by atoms with E-state index >= 15 is 0 Å². The van der Waals surface area contributed by atoms with Crippen LogP contribution in [0.3, 0.4) is 0 Å². The summed E-state index contributed by atoms with van der Waals surface area (Å²) in [6.07, 6.45) is -4.14. The number of ketones is 1. The van der Waals surface area contributed by atoms with Crippen LogP contribution in [0.25, 0.3) is 0 Å². The molecule has 2 rings (SSSR count). The molecular formula is C12H8F3NO3. The van der Waals surface area contributed by atoms with E-state index in [2.05, 4.69) is 9.99 Å². The molecule has 1 aromatic carbocycles. The topological polar surface area (TPSA) is 55.7 Å². The van der Waals surface area contributed by atoms with E-state index in [9.17, 15) is 22.8 Å². The maximum Gasteiger partial charge on any atom is 0.416 e. The number of carbonyl (C=O) groups is 2. The van der Waals surface area contributed by atoms with Crippen LogP contribution in [0.1, 0.15) is 28.8 Å². The molecule has 0 atom stereocenters. The summed E-state index contributed by atoms with van der Waals surface area (Å²) in [6.45, 7) is 0. The number of hydrogen-bond acceptors (Lipinski definition) is 4. The van der Waals surface area contributed by atoms with Gasteiger partial charge in [0.2, 0.25) is 0 Å². The average Bonchev–Trinajstić information content (AvgIpc) is 2.32. The molecule has 1 aliphatic rings. The first-order chi connectivity index (χ1) is 8.86. The lowest BCUT2D eigenvalue weighted by Crippen LogP contribution is -2.23. The van der Waals surface area contributed by atoms with Crippen LogP contribution >= 0.6 is 0 Å². The van der Waals surface area contributed by atoms with E-state index in [1.807, 2.05) is 0 Å². The first-order valence-electron chi connectivity index (χ1n) is 5.32. The lowest BCUT2D eigenvalue weighted by Gasteiger charge is -2.11. The third kappa shape index (κ3) is 3.18. The van der Waals surface area contributed by atoms with Crippen molar-refractivity contribution in [3.63, 3.8) is 0 Å². The lowest BCUT2D eigenvalue weighted by molar-refractivity contribution is -0.137. The maximum atomic E-state index is 12.3. The number of hydrogen-bond donors (Lipinski definition) is 0.